The van der Waals surface area contributed by atoms with E-state index in [4.69, 9.17) is 0 Å². The van der Waals surface area contributed by atoms with Crippen LogP contribution < -0.4 is 0 Å². The molecule has 4 amide bonds. The molecule has 0 N–H and O–H groups in total. The van der Waals surface area contributed by atoms with Crippen molar-refractivity contribution in [1.82, 2.24) is 14.7 Å². The molecule has 0 bridgehead atoms. The second-order valence-electron chi connectivity index (χ2n) is 13.2. The number of benzene rings is 5. The Hall–Kier alpha value is -3.40. The molecule has 0 aliphatic carbocycles. The van der Waals surface area contributed by atoms with Gasteiger partial charge in [0.05, 0.1) is 0 Å². The zero-order chi connectivity index (χ0) is 33.9. The lowest BCUT2D eigenvalue weighted by atomic mass is 9.82. The summed E-state index contributed by atoms with van der Waals surface area (Å²) in [5.41, 5.74) is 2.05. The van der Waals surface area contributed by atoms with Crippen molar-refractivity contribution in [1.29, 1.82) is 0 Å². The summed E-state index contributed by atoms with van der Waals surface area (Å²) in [6.45, 7) is 10.1. The van der Waals surface area contributed by atoms with Crippen molar-refractivity contribution < 1.29 is 19.2 Å². The van der Waals surface area contributed by atoms with Gasteiger partial charge in [-0.1, -0.05) is 84.0 Å². The summed E-state index contributed by atoms with van der Waals surface area (Å²) in [7, 11) is 0. The molecule has 0 radical (unpaired) electrons. The minimum Gasteiger partial charge on any atom is -0.303 e. The molecule has 7 rings (SSSR count). The Morgan fingerprint density at radius 2 is 0.896 bits per heavy atom. The molecule has 0 unspecified atom stereocenters. The van der Waals surface area contributed by atoms with E-state index < -0.39 is 0 Å². The number of imide groups is 2. The minimum atomic E-state index is -0.282. The summed E-state index contributed by atoms with van der Waals surface area (Å²) in [5.74, 6) is -1.09. The fourth-order valence-corrected chi connectivity index (χ4v) is 9.02. The molecule has 9 heteroatoms. The van der Waals surface area contributed by atoms with E-state index in [0.717, 1.165) is 106 Å². The maximum Gasteiger partial charge on any atom is 0.261 e. The van der Waals surface area contributed by atoms with Gasteiger partial charge in [-0.3, -0.25) is 29.0 Å². The number of rotatable bonds is 13. The molecule has 5 aromatic carbocycles. The normalized spacial score (nSPS) is 14.8. The van der Waals surface area contributed by atoms with Crippen LogP contribution in [-0.2, 0) is 0 Å². The number of unbranched alkanes of at least 4 members (excludes halogenated alkanes) is 3. The van der Waals surface area contributed by atoms with Crippen LogP contribution in [0.25, 0.3) is 43.1 Å². The Balaban J connectivity index is 1.36. The molecule has 0 fully saturated rings. The van der Waals surface area contributed by atoms with Crippen molar-refractivity contribution in [3.05, 3.63) is 67.6 Å². The van der Waals surface area contributed by atoms with E-state index in [2.05, 4.69) is 50.6 Å². The second kappa shape index (κ2) is 13.1. The van der Waals surface area contributed by atoms with Crippen LogP contribution in [0.2, 0.25) is 0 Å². The summed E-state index contributed by atoms with van der Waals surface area (Å²) in [6.07, 6.45) is 6.89. The highest BCUT2D eigenvalue weighted by atomic mass is 79.9. The molecule has 48 heavy (non-hydrogen) atoms. The Bertz CT molecular complexity index is 2150. The molecule has 248 valence electrons. The smallest absolute Gasteiger partial charge is 0.261 e. The van der Waals surface area contributed by atoms with Gasteiger partial charge in [-0.05, 0) is 80.4 Å². The average molecular weight is 774 g/mol. The van der Waals surface area contributed by atoms with E-state index in [1.807, 2.05) is 43.3 Å². The lowest BCUT2D eigenvalue weighted by Crippen LogP contribution is -2.42. The molecule has 0 spiro atoms. The zero-order valence-electron chi connectivity index (χ0n) is 27.7. The topological polar surface area (TPSA) is 78.0 Å². The molecule has 2 aliphatic rings. The maximum absolute atomic E-state index is 14.1. The van der Waals surface area contributed by atoms with Gasteiger partial charge in [0.2, 0.25) is 0 Å². The van der Waals surface area contributed by atoms with E-state index in [-0.39, 0.29) is 23.6 Å². The van der Waals surface area contributed by atoms with Crippen LogP contribution >= 0.6 is 31.9 Å². The van der Waals surface area contributed by atoms with Crippen LogP contribution in [0.3, 0.4) is 0 Å². The lowest BCUT2D eigenvalue weighted by Gasteiger charge is -2.31. The monoisotopic (exact) mass is 771 g/mol. The molecule has 2 aliphatic heterocycles. The standard InChI is InChI=1S/C39H39Br2N3O4/c1-4-7-15-42(16-8-5-2)17-10-19-44-37(46)25-14-12-23-32-28(40)20-26-30-24(36(45)43(38(26)47)18-9-6-3)13-11-22(34(30)32)33-29(41)21-27(39(44)48)31(25)35(23)33/h11-14,20-21H,4-10,15-19H2,1-3H3. The van der Waals surface area contributed by atoms with Crippen molar-refractivity contribution in [3.63, 3.8) is 0 Å². The average Bonchev–Trinajstić information content (AvgIpc) is 3.08. The van der Waals surface area contributed by atoms with Gasteiger partial charge < -0.3 is 4.90 Å². The first-order chi connectivity index (χ1) is 23.2. The quantitative estimate of drug-likeness (QED) is 0.0677. The summed E-state index contributed by atoms with van der Waals surface area (Å²) >= 11 is 7.61. The number of hydrogen-bond donors (Lipinski definition) is 0. The molecule has 0 atom stereocenters. The Labute approximate surface area is 297 Å². The molecule has 0 saturated heterocycles. The number of amides is 4. The van der Waals surface area contributed by atoms with Crippen LogP contribution in [0.4, 0.5) is 0 Å². The number of hydrogen-bond acceptors (Lipinski definition) is 5. The first-order valence-electron chi connectivity index (χ1n) is 17.3. The van der Waals surface area contributed by atoms with Crippen LogP contribution in [0, 0.1) is 0 Å². The van der Waals surface area contributed by atoms with Crippen LogP contribution in [-0.4, -0.2) is 71.1 Å². The molecule has 7 nitrogen and oxygen atoms in total. The van der Waals surface area contributed by atoms with Gasteiger partial charge in [0, 0.05) is 76.6 Å². The van der Waals surface area contributed by atoms with Gasteiger partial charge in [0.1, 0.15) is 0 Å². The van der Waals surface area contributed by atoms with Gasteiger partial charge in [-0.2, -0.15) is 0 Å². The SMILES string of the molecule is CCCCN(CCCC)CCCN1C(=O)c2ccc3c4c(Br)cc5c6c(ccc(c7c(Br)cc(c2c37)C1=O)c64)C(=O)N(CCCC)C5=O. The van der Waals surface area contributed by atoms with Crippen LogP contribution in [0.15, 0.2) is 45.3 Å². The Morgan fingerprint density at radius 1 is 0.500 bits per heavy atom. The first kappa shape index (κ1) is 33.1. The third-order valence-electron chi connectivity index (χ3n) is 10.2. The van der Waals surface area contributed by atoms with Gasteiger partial charge in [0.15, 0.2) is 0 Å². The highest BCUT2D eigenvalue weighted by Gasteiger charge is 2.37. The van der Waals surface area contributed by atoms with Crippen LogP contribution in [0.1, 0.15) is 107 Å². The molecular weight excluding hydrogens is 734 g/mol. The van der Waals surface area contributed by atoms with Crippen molar-refractivity contribution in [3.8, 4) is 0 Å². The number of halogens is 2. The number of carbonyl (C=O) groups excluding carboxylic acids is 4. The van der Waals surface area contributed by atoms with Gasteiger partial charge in [-0.25, -0.2) is 0 Å². The predicted octanol–water partition coefficient (Wildman–Crippen LogP) is 9.55. The van der Waals surface area contributed by atoms with E-state index in [1.165, 1.54) is 9.80 Å². The number of fused-ring (bicyclic) bond motifs is 2. The van der Waals surface area contributed by atoms with E-state index >= 15 is 0 Å². The third-order valence-corrected chi connectivity index (χ3v) is 11.4. The number of carbonyl (C=O) groups is 4. The van der Waals surface area contributed by atoms with Crippen molar-refractivity contribution >= 4 is 98.6 Å². The maximum atomic E-state index is 14.1. The fraction of sp³-hybridized carbons (Fsp3) is 0.385. The number of nitrogens with zero attached hydrogens (tertiary/aromatic N) is 3. The van der Waals surface area contributed by atoms with Gasteiger partial charge in [0.25, 0.3) is 23.6 Å². The zero-order valence-corrected chi connectivity index (χ0v) is 30.9. The van der Waals surface area contributed by atoms with E-state index in [9.17, 15) is 19.2 Å². The summed E-state index contributed by atoms with van der Waals surface area (Å²) in [4.78, 5) is 60.8. The predicted molar refractivity (Wildman–Crippen MR) is 200 cm³/mol. The third kappa shape index (κ3) is 5.07. The second-order valence-corrected chi connectivity index (χ2v) is 14.9. The first-order valence-corrected chi connectivity index (χ1v) is 18.9. The largest absolute Gasteiger partial charge is 0.303 e. The summed E-state index contributed by atoms with van der Waals surface area (Å²) < 4.78 is 1.46. The Kier molecular flexibility index (Phi) is 9.06. The van der Waals surface area contributed by atoms with Crippen LogP contribution in [0.5, 0.6) is 0 Å². The Morgan fingerprint density at radius 3 is 1.33 bits per heavy atom. The molecular formula is C39H39Br2N3O4. The summed E-state index contributed by atoms with van der Waals surface area (Å²) in [5, 5.41) is 6.42. The van der Waals surface area contributed by atoms with Crippen molar-refractivity contribution in [2.75, 3.05) is 32.7 Å². The summed E-state index contributed by atoms with van der Waals surface area (Å²) in [6, 6.07) is 11.2. The molecule has 0 aromatic heterocycles. The highest BCUT2D eigenvalue weighted by Crippen LogP contribution is 2.50. The molecule has 5 aromatic rings. The lowest BCUT2D eigenvalue weighted by molar-refractivity contribution is 0.0590. The molecule has 2 heterocycles. The van der Waals surface area contributed by atoms with E-state index in [1.54, 1.807) is 0 Å². The minimum absolute atomic E-state index is 0.264. The van der Waals surface area contributed by atoms with Gasteiger partial charge >= 0.3 is 0 Å². The van der Waals surface area contributed by atoms with Gasteiger partial charge in [-0.15, -0.1) is 0 Å². The van der Waals surface area contributed by atoms with Crippen molar-refractivity contribution in [2.45, 2.75) is 65.7 Å². The van der Waals surface area contributed by atoms with E-state index in [0.29, 0.717) is 46.1 Å². The highest BCUT2D eigenvalue weighted by molar-refractivity contribution is 9.11. The molecule has 0 saturated carbocycles. The van der Waals surface area contributed by atoms with Crippen molar-refractivity contribution in [2.24, 2.45) is 0 Å². The fourth-order valence-electron chi connectivity index (χ4n) is 7.74.